The highest BCUT2D eigenvalue weighted by atomic mass is 32.1. The summed E-state index contributed by atoms with van der Waals surface area (Å²) in [4.78, 5) is 17.3. The number of carboxylic acid groups (broad SMARTS) is 1. The smallest absolute Gasteiger partial charge is 0.355 e. The Morgan fingerprint density at radius 2 is 2.14 bits per heavy atom. The average molecular weight is 318 g/mol. The first kappa shape index (κ1) is 16.6. The van der Waals surface area contributed by atoms with Gasteiger partial charge in [-0.25, -0.2) is 9.78 Å². The Morgan fingerprint density at radius 3 is 2.82 bits per heavy atom. The van der Waals surface area contributed by atoms with Crippen molar-refractivity contribution < 1.29 is 9.90 Å². The molecule has 1 aromatic carbocycles. The lowest BCUT2D eigenvalue weighted by molar-refractivity contribution is 0.0691. The highest BCUT2D eigenvalue weighted by Crippen LogP contribution is 2.16. The second kappa shape index (κ2) is 8.06. The Morgan fingerprint density at radius 1 is 1.36 bits per heavy atom. The third kappa shape index (κ3) is 4.93. The van der Waals surface area contributed by atoms with Crippen LogP contribution in [-0.4, -0.2) is 34.6 Å². The lowest BCUT2D eigenvalue weighted by Gasteiger charge is -2.16. The minimum absolute atomic E-state index is 0.135. The zero-order chi connectivity index (χ0) is 15.9. The molecule has 4 nitrogen and oxygen atoms in total. The molecule has 118 valence electrons. The van der Waals surface area contributed by atoms with Crippen LogP contribution in [0.4, 0.5) is 0 Å². The molecule has 0 bridgehead atoms. The predicted octanol–water partition coefficient (Wildman–Crippen LogP) is 3.66. The van der Waals surface area contributed by atoms with Crippen LogP contribution in [0.3, 0.4) is 0 Å². The second-order valence-electron chi connectivity index (χ2n) is 5.52. The molecule has 22 heavy (non-hydrogen) atoms. The van der Waals surface area contributed by atoms with Crippen molar-refractivity contribution >= 4 is 17.3 Å². The zero-order valence-corrected chi connectivity index (χ0v) is 13.9. The molecule has 0 unspecified atom stereocenters. The van der Waals surface area contributed by atoms with Crippen molar-refractivity contribution in [2.75, 3.05) is 13.6 Å². The van der Waals surface area contributed by atoms with Crippen LogP contribution >= 0.6 is 11.3 Å². The first-order valence-electron chi connectivity index (χ1n) is 7.52. The summed E-state index contributed by atoms with van der Waals surface area (Å²) in [5.41, 5.74) is 2.59. The molecule has 2 aromatic rings. The van der Waals surface area contributed by atoms with Crippen molar-refractivity contribution in [1.29, 1.82) is 0 Å². The molecule has 0 amide bonds. The summed E-state index contributed by atoms with van der Waals surface area (Å²) in [6, 6.07) is 8.45. The van der Waals surface area contributed by atoms with Crippen LogP contribution in [-0.2, 0) is 13.0 Å². The van der Waals surface area contributed by atoms with Crippen molar-refractivity contribution in [3.05, 3.63) is 51.5 Å². The first-order valence-corrected chi connectivity index (χ1v) is 8.40. The highest BCUT2D eigenvalue weighted by Gasteiger charge is 2.09. The topological polar surface area (TPSA) is 53.4 Å². The fourth-order valence-corrected chi connectivity index (χ4v) is 3.12. The van der Waals surface area contributed by atoms with Gasteiger partial charge in [0.2, 0.25) is 0 Å². The van der Waals surface area contributed by atoms with Gasteiger partial charge in [0, 0.05) is 18.3 Å². The molecule has 1 N–H and O–H groups in total. The molecule has 0 aliphatic rings. The Labute approximate surface area is 135 Å². The molecule has 5 heteroatoms. The maximum Gasteiger partial charge on any atom is 0.355 e. The number of carboxylic acids is 1. The van der Waals surface area contributed by atoms with E-state index >= 15 is 0 Å². The maximum atomic E-state index is 10.9. The molecule has 0 spiro atoms. The number of nitrogens with zero attached hydrogens (tertiary/aromatic N) is 2. The zero-order valence-electron chi connectivity index (χ0n) is 13.1. The molecular formula is C17H22N2O2S. The number of hydrogen-bond acceptors (Lipinski definition) is 4. The second-order valence-corrected chi connectivity index (χ2v) is 6.46. The number of hydrogen-bond donors (Lipinski definition) is 1. The van der Waals surface area contributed by atoms with E-state index in [1.807, 2.05) is 0 Å². The van der Waals surface area contributed by atoms with E-state index in [0.717, 1.165) is 18.1 Å². The number of aromatic nitrogens is 1. The van der Waals surface area contributed by atoms with E-state index < -0.39 is 5.97 Å². The molecule has 2 rings (SSSR count). The van der Waals surface area contributed by atoms with Gasteiger partial charge < -0.3 is 10.0 Å². The Hall–Kier alpha value is -1.72. The van der Waals surface area contributed by atoms with Gasteiger partial charge in [-0.3, -0.25) is 0 Å². The molecule has 0 fully saturated rings. The predicted molar refractivity (Wildman–Crippen MR) is 89.6 cm³/mol. The monoisotopic (exact) mass is 318 g/mol. The van der Waals surface area contributed by atoms with E-state index in [0.29, 0.717) is 6.42 Å². The van der Waals surface area contributed by atoms with E-state index in [1.54, 1.807) is 5.38 Å². The molecular weight excluding hydrogens is 296 g/mol. The van der Waals surface area contributed by atoms with Crippen LogP contribution in [0.15, 0.2) is 29.6 Å². The largest absolute Gasteiger partial charge is 0.476 e. The van der Waals surface area contributed by atoms with Gasteiger partial charge in [-0.2, -0.15) is 0 Å². The van der Waals surface area contributed by atoms with E-state index in [1.165, 1.54) is 35.3 Å². The fraction of sp³-hybridized carbons (Fsp3) is 0.412. The Balaban J connectivity index is 1.99. The van der Waals surface area contributed by atoms with Crippen molar-refractivity contribution in [1.82, 2.24) is 9.88 Å². The maximum absolute atomic E-state index is 10.9. The first-order chi connectivity index (χ1) is 10.6. The number of aromatic carboxylic acids is 1. The summed E-state index contributed by atoms with van der Waals surface area (Å²) in [5.74, 6) is -0.964. The van der Waals surface area contributed by atoms with Crippen LogP contribution in [0.5, 0.6) is 0 Å². The van der Waals surface area contributed by atoms with Crippen molar-refractivity contribution in [3.8, 4) is 0 Å². The van der Waals surface area contributed by atoms with E-state index in [4.69, 9.17) is 5.11 Å². The summed E-state index contributed by atoms with van der Waals surface area (Å²) < 4.78 is 0. The van der Waals surface area contributed by atoms with Gasteiger partial charge in [-0.15, -0.1) is 11.3 Å². The summed E-state index contributed by atoms with van der Waals surface area (Å²) in [5, 5.41) is 11.4. The SMILES string of the molecule is CCCCN(C)Cc1cccc(Cc2nc(C(=O)O)cs2)c1. The summed E-state index contributed by atoms with van der Waals surface area (Å²) >= 11 is 1.40. The number of thiazole rings is 1. The van der Waals surface area contributed by atoms with E-state index in [-0.39, 0.29) is 5.69 Å². The molecule has 0 radical (unpaired) electrons. The van der Waals surface area contributed by atoms with Gasteiger partial charge in [0.15, 0.2) is 5.69 Å². The lowest BCUT2D eigenvalue weighted by atomic mass is 10.1. The highest BCUT2D eigenvalue weighted by molar-refractivity contribution is 7.09. The van der Waals surface area contributed by atoms with Gasteiger partial charge in [0.25, 0.3) is 0 Å². The van der Waals surface area contributed by atoms with Gasteiger partial charge in [0.1, 0.15) is 0 Å². The quantitative estimate of drug-likeness (QED) is 0.807. The minimum atomic E-state index is -0.964. The van der Waals surface area contributed by atoms with Gasteiger partial charge in [-0.1, -0.05) is 37.6 Å². The van der Waals surface area contributed by atoms with Gasteiger partial charge >= 0.3 is 5.97 Å². The average Bonchev–Trinajstić information content (AvgIpc) is 2.94. The Kier molecular flexibility index (Phi) is 6.10. The van der Waals surface area contributed by atoms with E-state index in [9.17, 15) is 4.79 Å². The molecule has 1 aromatic heterocycles. The van der Waals surface area contributed by atoms with Crippen LogP contribution < -0.4 is 0 Å². The number of unbranched alkanes of at least 4 members (excludes halogenated alkanes) is 1. The van der Waals surface area contributed by atoms with Crippen LogP contribution in [0.1, 0.15) is 46.4 Å². The van der Waals surface area contributed by atoms with Crippen LogP contribution in [0.25, 0.3) is 0 Å². The van der Waals surface area contributed by atoms with Crippen LogP contribution in [0, 0.1) is 0 Å². The fourth-order valence-electron chi connectivity index (χ4n) is 2.32. The van der Waals surface area contributed by atoms with Crippen molar-refractivity contribution in [2.45, 2.75) is 32.7 Å². The molecule has 1 heterocycles. The van der Waals surface area contributed by atoms with Crippen molar-refractivity contribution in [3.63, 3.8) is 0 Å². The van der Waals surface area contributed by atoms with Gasteiger partial charge in [0.05, 0.1) is 5.01 Å². The summed E-state index contributed by atoms with van der Waals surface area (Å²) in [7, 11) is 2.14. The third-order valence-corrected chi connectivity index (χ3v) is 4.31. The Bertz CT molecular complexity index is 625. The summed E-state index contributed by atoms with van der Waals surface area (Å²) in [6.07, 6.45) is 3.11. The van der Waals surface area contributed by atoms with Crippen molar-refractivity contribution in [2.24, 2.45) is 0 Å². The molecule has 0 aliphatic heterocycles. The van der Waals surface area contributed by atoms with E-state index in [2.05, 4.69) is 48.1 Å². The number of benzene rings is 1. The third-order valence-electron chi connectivity index (χ3n) is 3.46. The number of rotatable bonds is 8. The number of carbonyl (C=O) groups is 1. The normalized spacial score (nSPS) is 11.0. The molecule has 0 aliphatic carbocycles. The minimum Gasteiger partial charge on any atom is -0.476 e. The summed E-state index contributed by atoms with van der Waals surface area (Å²) in [6.45, 7) is 4.25. The lowest BCUT2D eigenvalue weighted by Crippen LogP contribution is -2.18. The standard InChI is InChI=1S/C17H22N2O2S/c1-3-4-8-19(2)11-14-7-5-6-13(9-14)10-16-18-15(12-22-16)17(20)21/h5-7,9,12H,3-4,8,10-11H2,1-2H3,(H,20,21). The molecule has 0 saturated heterocycles. The van der Waals surface area contributed by atoms with Gasteiger partial charge in [-0.05, 0) is 31.1 Å². The van der Waals surface area contributed by atoms with Crippen LogP contribution in [0.2, 0.25) is 0 Å². The molecule has 0 saturated carbocycles. The molecule has 0 atom stereocenters.